The Bertz CT molecular complexity index is 1040. The second-order valence-corrected chi connectivity index (χ2v) is 7.52. The fourth-order valence-electron chi connectivity index (χ4n) is 3.71. The number of ether oxygens (including phenoxy) is 1. The lowest BCUT2D eigenvalue weighted by Gasteiger charge is -2.27. The smallest absolute Gasteiger partial charge is 0.250 e. The Hall–Kier alpha value is -3.23. The average Bonchev–Trinajstić information content (AvgIpc) is 3.32. The van der Waals surface area contributed by atoms with Gasteiger partial charge in [0.15, 0.2) is 5.11 Å². The van der Waals surface area contributed by atoms with Crippen molar-refractivity contribution in [2.24, 2.45) is 7.05 Å². The van der Waals surface area contributed by atoms with Gasteiger partial charge in [0.1, 0.15) is 6.61 Å². The van der Waals surface area contributed by atoms with Crippen LogP contribution in [0.2, 0.25) is 0 Å². The third-order valence-corrected chi connectivity index (χ3v) is 5.31. The first kappa shape index (κ1) is 20.1. The molecule has 30 heavy (non-hydrogen) atoms. The zero-order chi connectivity index (χ0) is 21.1. The quantitative estimate of drug-likeness (QED) is 0.596. The number of carbonyl (C=O) groups excluding carboxylic acids is 1. The minimum atomic E-state index is -0.194. The molecular formula is C22H23N5O2S. The number of rotatable bonds is 6. The van der Waals surface area contributed by atoms with Crippen LogP contribution < -0.4 is 15.5 Å². The van der Waals surface area contributed by atoms with Crippen molar-refractivity contribution in [1.82, 2.24) is 14.9 Å². The summed E-state index contributed by atoms with van der Waals surface area (Å²) < 4.78 is 6.89. The predicted molar refractivity (Wildman–Crippen MR) is 120 cm³/mol. The van der Waals surface area contributed by atoms with Crippen LogP contribution in [0.1, 0.15) is 23.3 Å². The van der Waals surface area contributed by atoms with Gasteiger partial charge in [-0.3, -0.25) is 9.78 Å². The van der Waals surface area contributed by atoms with E-state index < -0.39 is 0 Å². The van der Waals surface area contributed by atoms with Gasteiger partial charge in [-0.15, -0.1) is 0 Å². The number of hydrogen-bond acceptors (Lipinski definition) is 4. The third-order valence-electron chi connectivity index (χ3n) is 5.00. The van der Waals surface area contributed by atoms with Crippen LogP contribution in [0.5, 0.6) is 0 Å². The van der Waals surface area contributed by atoms with Gasteiger partial charge in [-0.25, -0.2) is 0 Å². The monoisotopic (exact) mass is 421 g/mol. The number of thiocarbonyl (C=S) groups is 1. The van der Waals surface area contributed by atoms with Crippen LogP contribution >= 0.6 is 12.2 Å². The summed E-state index contributed by atoms with van der Waals surface area (Å²) in [5.41, 5.74) is 3.71. The number of benzene rings is 1. The molecular weight excluding hydrogens is 398 g/mol. The molecule has 7 nitrogen and oxygen atoms in total. The molecule has 0 aliphatic carbocycles. The van der Waals surface area contributed by atoms with Gasteiger partial charge < -0.3 is 24.8 Å². The Kier molecular flexibility index (Phi) is 5.78. The molecule has 2 N–H and O–H groups in total. The summed E-state index contributed by atoms with van der Waals surface area (Å²) in [5.74, 6) is -0.194. The molecule has 0 radical (unpaired) electrons. The van der Waals surface area contributed by atoms with Crippen LogP contribution in [-0.2, 0) is 16.6 Å². The van der Waals surface area contributed by atoms with Gasteiger partial charge in [0.05, 0.1) is 17.8 Å². The number of methoxy groups -OCH3 is 1. The van der Waals surface area contributed by atoms with E-state index in [1.54, 1.807) is 6.20 Å². The molecule has 3 heterocycles. The zero-order valence-corrected chi connectivity index (χ0v) is 17.6. The van der Waals surface area contributed by atoms with Crippen molar-refractivity contribution in [3.05, 3.63) is 78.4 Å². The van der Waals surface area contributed by atoms with E-state index >= 15 is 0 Å². The van der Waals surface area contributed by atoms with Crippen molar-refractivity contribution < 1.29 is 9.53 Å². The lowest BCUT2D eigenvalue weighted by Crippen LogP contribution is -2.29. The van der Waals surface area contributed by atoms with E-state index in [0.717, 1.165) is 16.9 Å². The Morgan fingerprint density at radius 3 is 2.67 bits per heavy atom. The van der Waals surface area contributed by atoms with Crippen molar-refractivity contribution in [2.75, 3.05) is 23.9 Å². The van der Waals surface area contributed by atoms with Crippen molar-refractivity contribution in [1.29, 1.82) is 0 Å². The SMILES string of the molecule is COCC(=O)Nc1ccc(N2C(=S)NC(c3ccccn3)C2c2ccn(C)c2)cc1. The number of pyridine rings is 1. The van der Waals surface area contributed by atoms with Crippen LogP contribution in [0.4, 0.5) is 11.4 Å². The van der Waals surface area contributed by atoms with Gasteiger partial charge >= 0.3 is 0 Å². The Labute approximate surface area is 180 Å². The molecule has 8 heteroatoms. The lowest BCUT2D eigenvalue weighted by atomic mass is 9.98. The Balaban J connectivity index is 1.67. The summed E-state index contributed by atoms with van der Waals surface area (Å²) in [6, 6.07) is 15.5. The highest BCUT2D eigenvalue weighted by Gasteiger charge is 2.40. The molecule has 2 atom stereocenters. The van der Waals surface area contributed by atoms with Gasteiger partial charge in [0.2, 0.25) is 5.91 Å². The summed E-state index contributed by atoms with van der Waals surface area (Å²) in [4.78, 5) is 18.4. The Morgan fingerprint density at radius 1 is 1.23 bits per heavy atom. The van der Waals surface area contributed by atoms with E-state index in [0.29, 0.717) is 10.8 Å². The molecule has 1 aromatic carbocycles. The van der Waals surface area contributed by atoms with Gasteiger partial charge in [0, 0.05) is 44.1 Å². The van der Waals surface area contributed by atoms with E-state index in [4.69, 9.17) is 17.0 Å². The minimum absolute atomic E-state index is 0.0176. The largest absolute Gasteiger partial charge is 0.375 e. The zero-order valence-electron chi connectivity index (χ0n) is 16.8. The molecule has 2 aromatic heterocycles. The molecule has 3 aromatic rings. The van der Waals surface area contributed by atoms with Crippen LogP contribution in [0.3, 0.4) is 0 Å². The molecule has 1 amide bonds. The van der Waals surface area contributed by atoms with Crippen molar-refractivity contribution in [3.63, 3.8) is 0 Å². The van der Waals surface area contributed by atoms with Crippen molar-refractivity contribution in [2.45, 2.75) is 12.1 Å². The maximum absolute atomic E-state index is 11.8. The van der Waals surface area contributed by atoms with E-state index in [2.05, 4.69) is 32.8 Å². The average molecular weight is 422 g/mol. The standard InChI is InChI=1S/C22H23N5O2S/c1-26-12-10-15(13-26)21-20(18-5-3-4-11-23-18)25-22(30)27(21)17-8-6-16(7-9-17)24-19(28)14-29-2/h3-13,20-21H,14H2,1-2H3,(H,24,28)(H,25,30). The number of nitrogens with zero attached hydrogens (tertiary/aromatic N) is 3. The highest BCUT2D eigenvalue weighted by molar-refractivity contribution is 7.80. The van der Waals surface area contributed by atoms with Gasteiger partial charge in [-0.2, -0.15) is 0 Å². The fourth-order valence-corrected chi connectivity index (χ4v) is 4.05. The summed E-state index contributed by atoms with van der Waals surface area (Å²) >= 11 is 5.71. The number of aryl methyl sites for hydroxylation is 1. The maximum Gasteiger partial charge on any atom is 0.250 e. The topological polar surface area (TPSA) is 71.4 Å². The number of aromatic nitrogens is 2. The normalized spacial score (nSPS) is 18.3. The van der Waals surface area contributed by atoms with Gasteiger partial charge in [0.25, 0.3) is 0 Å². The molecule has 0 spiro atoms. The molecule has 0 bridgehead atoms. The summed E-state index contributed by atoms with van der Waals surface area (Å²) in [6.45, 7) is 0.0176. The van der Waals surface area contributed by atoms with Crippen molar-refractivity contribution in [3.8, 4) is 0 Å². The first-order valence-electron chi connectivity index (χ1n) is 9.58. The first-order valence-corrected chi connectivity index (χ1v) is 9.99. The van der Waals surface area contributed by atoms with Crippen molar-refractivity contribution >= 4 is 34.6 Å². The lowest BCUT2D eigenvalue weighted by molar-refractivity contribution is -0.119. The number of hydrogen-bond donors (Lipinski definition) is 2. The number of amides is 1. The molecule has 1 saturated heterocycles. The Morgan fingerprint density at radius 2 is 2.03 bits per heavy atom. The summed E-state index contributed by atoms with van der Waals surface area (Å²) in [7, 11) is 3.49. The van der Waals surface area contributed by atoms with Crippen LogP contribution in [-0.4, -0.2) is 34.3 Å². The summed E-state index contributed by atoms with van der Waals surface area (Å²) in [6.07, 6.45) is 5.92. The fraction of sp³-hybridized carbons (Fsp3) is 0.227. The van der Waals surface area contributed by atoms with E-state index in [1.807, 2.05) is 60.3 Å². The highest BCUT2D eigenvalue weighted by Crippen LogP contribution is 2.41. The maximum atomic E-state index is 11.8. The third kappa shape index (κ3) is 4.05. The van der Waals surface area contributed by atoms with Gasteiger partial charge in [-0.1, -0.05) is 6.07 Å². The minimum Gasteiger partial charge on any atom is -0.375 e. The highest BCUT2D eigenvalue weighted by atomic mass is 32.1. The number of anilines is 2. The summed E-state index contributed by atoms with van der Waals surface area (Å²) in [5, 5.41) is 6.88. The molecule has 1 aliphatic heterocycles. The molecule has 4 rings (SSSR count). The predicted octanol–water partition coefficient (Wildman–Crippen LogP) is 3.18. The molecule has 154 valence electrons. The molecule has 0 saturated carbocycles. The second-order valence-electron chi connectivity index (χ2n) is 7.13. The van der Waals surface area contributed by atoms with Crippen LogP contribution in [0.25, 0.3) is 0 Å². The van der Waals surface area contributed by atoms with E-state index in [9.17, 15) is 4.79 Å². The van der Waals surface area contributed by atoms with Crippen LogP contribution in [0, 0.1) is 0 Å². The molecule has 2 unspecified atom stereocenters. The van der Waals surface area contributed by atoms with Gasteiger partial charge in [-0.05, 0) is 60.2 Å². The van der Waals surface area contributed by atoms with E-state index in [-0.39, 0.29) is 24.6 Å². The second kappa shape index (κ2) is 8.64. The van der Waals surface area contributed by atoms with Crippen LogP contribution in [0.15, 0.2) is 67.1 Å². The molecule has 1 fully saturated rings. The van der Waals surface area contributed by atoms with E-state index in [1.165, 1.54) is 7.11 Å². The number of carbonyl (C=O) groups is 1. The first-order chi connectivity index (χ1) is 14.6. The molecule has 1 aliphatic rings. The number of nitrogens with one attached hydrogen (secondary N) is 2.